The molecule has 0 aliphatic carbocycles. The lowest BCUT2D eigenvalue weighted by molar-refractivity contribution is 0.0697. The van der Waals surface area contributed by atoms with E-state index in [1.165, 1.54) is 11.8 Å². The van der Waals surface area contributed by atoms with Gasteiger partial charge < -0.3 is 5.11 Å². The molecule has 0 saturated heterocycles. The molecule has 4 nitrogen and oxygen atoms in total. The van der Waals surface area contributed by atoms with Crippen LogP contribution in [0.1, 0.15) is 28.7 Å². The van der Waals surface area contributed by atoms with Gasteiger partial charge in [0.05, 0.1) is 27.0 Å². The zero-order valence-electron chi connectivity index (χ0n) is 11.6. The number of aromatic carboxylic acids is 1. The van der Waals surface area contributed by atoms with Crippen LogP contribution in [0, 0.1) is 6.92 Å². The Hall–Kier alpha value is -1.17. The van der Waals surface area contributed by atoms with Crippen molar-refractivity contribution in [1.29, 1.82) is 0 Å². The Morgan fingerprint density at radius 1 is 1.43 bits per heavy atom. The molecule has 21 heavy (non-hydrogen) atoms. The maximum Gasteiger partial charge on any atom is 0.337 e. The largest absolute Gasteiger partial charge is 0.478 e. The molecule has 1 aromatic heterocycles. The maximum absolute atomic E-state index is 11.1. The fourth-order valence-electron chi connectivity index (χ4n) is 1.92. The number of nitrogens with zero attached hydrogens (tertiary/aromatic N) is 2. The lowest BCUT2D eigenvalue weighted by Crippen LogP contribution is -2.02. The summed E-state index contributed by atoms with van der Waals surface area (Å²) in [5.41, 5.74) is 1.85. The van der Waals surface area contributed by atoms with Gasteiger partial charge in [-0.15, -0.1) is 11.8 Å². The van der Waals surface area contributed by atoms with E-state index < -0.39 is 5.97 Å². The number of hydrogen-bond acceptors (Lipinski definition) is 3. The lowest BCUT2D eigenvalue weighted by Gasteiger charge is -2.07. The quantitative estimate of drug-likeness (QED) is 0.810. The van der Waals surface area contributed by atoms with Crippen LogP contribution < -0.4 is 0 Å². The van der Waals surface area contributed by atoms with Crippen LogP contribution >= 0.6 is 35.0 Å². The molecule has 0 fully saturated rings. The number of carboxylic acid groups (broad SMARTS) is 1. The van der Waals surface area contributed by atoms with Gasteiger partial charge in [0.1, 0.15) is 0 Å². The highest BCUT2D eigenvalue weighted by molar-refractivity contribution is 7.98. The number of hydrogen-bond donors (Lipinski definition) is 1. The number of rotatable bonds is 5. The van der Waals surface area contributed by atoms with Gasteiger partial charge in [-0.05, 0) is 32.0 Å². The monoisotopic (exact) mass is 344 g/mol. The van der Waals surface area contributed by atoms with E-state index in [1.54, 1.807) is 18.2 Å². The van der Waals surface area contributed by atoms with Crippen LogP contribution in [-0.4, -0.2) is 20.9 Å². The summed E-state index contributed by atoms with van der Waals surface area (Å²) in [5.74, 6) is -0.413. The number of aromatic nitrogens is 2. The third kappa shape index (κ3) is 3.54. The first kappa shape index (κ1) is 16.2. The number of carboxylic acids is 1. The predicted molar refractivity (Wildman–Crippen MR) is 85.6 cm³/mol. The second kappa shape index (κ2) is 6.73. The predicted octanol–water partition coefficient (Wildman–Crippen LogP) is 4.51. The van der Waals surface area contributed by atoms with Crippen LogP contribution in [0.25, 0.3) is 0 Å². The maximum atomic E-state index is 11.1. The zero-order chi connectivity index (χ0) is 15.6. The second-order valence-electron chi connectivity index (χ2n) is 4.40. The molecular formula is C14H14Cl2N2O2S. The van der Waals surface area contributed by atoms with Gasteiger partial charge in [-0.1, -0.05) is 23.2 Å². The minimum atomic E-state index is -1.03. The van der Waals surface area contributed by atoms with E-state index in [0.29, 0.717) is 10.8 Å². The van der Waals surface area contributed by atoms with Crippen LogP contribution in [0.5, 0.6) is 0 Å². The summed E-state index contributed by atoms with van der Waals surface area (Å²) < 4.78 is 1.86. The Morgan fingerprint density at radius 3 is 2.76 bits per heavy atom. The fraction of sp³-hybridized carbons (Fsp3) is 0.286. The number of aryl methyl sites for hydroxylation is 2. The van der Waals surface area contributed by atoms with E-state index in [4.69, 9.17) is 28.3 Å². The summed E-state index contributed by atoms with van der Waals surface area (Å²) >= 11 is 13.6. The summed E-state index contributed by atoms with van der Waals surface area (Å²) in [4.78, 5) is 11.9. The minimum absolute atomic E-state index is 0.105. The average Bonchev–Trinajstić information content (AvgIpc) is 2.73. The van der Waals surface area contributed by atoms with E-state index in [9.17, 15) is 4.79 Å². The molecule has 0 unspecified atom stereocenters. The second-order valence-corrected chi connectivity index (χ2v) is 6.23. The normalized spacial score (nSPS) is 10.9. The molecule has 7 heteroatoms. The average molecular weight is 345 g/mol. The van der Waals surface area contributed by atoms with Gasteiger partial charge in [0, 0.05) is 17.2 Å². The Morgan fingerprint density at radius 2 is 2.14 bits per heavy atom. The van der Waals surface area contributed by atoms with Gasteiger partial charge in [-0.25, -0.2) is 4.79 Å². The van der Waals surface area contributed by atoms with Gasteiger partial charge in [-0.2, -0.15) is 5.10 Å². The van der Waals surface area contributed by atoms with Crippen LogP contribution in [0.15, 0.2) is 23.1 Å². The highest BCUT2D eigenvalue weighted by Gasteiger charge is 2.14. The summed E-state index contributed by atoms with van der Waals surface area (Å²) in [6.45, 7) is 4.61. The third-order valence-corrected chi connectivity index (χ3v) is 4.82. The van der Waals surface area contributed by atoms with Gasteiger partial charge in [0.25, 0.3) is 0 Å². The van der Waals surface area contributed by atoms with Crippen molar-refractivity contribution >= 4 is 40.9 Å². The first-order chi connectivity index (χ1) is 9.93. The van der Waals surface area contributed by atoms with Gasteiger partial charge >= 0.3 is 5.97 Å². The van der Waals surface area contributed by atoms with Gasteiger partial charge in [0.15, 0.2) is 0 Å². The first-order valence-corrected chi connectivity index (χ1v) is 8.05. The highest BCUT2D eigenvalue weighted by atomic mass is 35.5. The van der Waals surface area contributed by atoms with Crippen LogP contribution in [0.3, 0.4) is 0 Å². The number of halogens is 2. The molecule has 0 saturated carbocycles. The van der Waals surface area contributed by atoms with Crippen molar-refractivity contribution in [3.63, 3.8) is 0 Å². The minimum Gasteiger partial charge on any atom is -0.478 e. The smallest absolute Gasteiger partial charge is 0.337 e. The Kier molecular flexibility index (Phi) is 5.19. The van der Waals surface area contributed by atoms with Crippen LogP contribution in [0.2, 0.25) is 10.0 Å². The molecule has 1 aromatic carbocycles. The Bertz CT molecular complexity index is 686. The molecule has 1 heterocycles. The zero-order valence-corrected chi connectivity index (χ0v) is 13.9. The van der Waals surface area contributed by atoms with Crippen molar-refractivity contribution in [2.45, 2.75) is 31.0 Å². The summed E-state index contributed by atoms with van der Waals surface area (Å²) in [6.07, 6.45) is 0. The van der Waals surface area contributed by atoms with Crippen LogP contribution in [-0.2, 0) is 12.3 Å². The number of carbonyl (C=O) groups is 1. The van der Waals surface area contributed by atoms with Gasteiger partial charge in [-0.3, -0.25) is 4.68 Å². The van der Waals surface area contributed by atoms with Crippen molar-refractivity contribution < 1.29 is 9.90 Å². The molecule has 0 atom stereocenters. The van der Waals surface area contributed by atoms with E-state index in [-0.39, 0.29) is 10.6 Å². The van der Waals surface area contributed by atoms with Gasteiger partial charge in [0.2, 0.25) is 0 Å². The molecule has 0 amide bonds. The molecule has 112 valence electrons. The fourth-order valence-corrected chi connectivity index (χ4v) is 3.36. The van der Waals surface area contributed by atoms with Crippen molar-refractivity contribution in [3.8, 4) is 0 Å². The third-order valence-electron chi connectivity index (χ3n) is 3.00. The SMILES string of the molecule is CCn1nc(C)c(Cl)c1CSc1ccc(Cl)c(C(=O)O)c1. The molecule has 0 aliphatic rings. The summed E-state index contributed by atoms with van der Waals surface area (Å²) in [5, 5.41) is 14.3. The highest BCUT2D eigenvalue weighted by Crippen LogP contribution is 2.30. The molecule has 0 spiro atoms. The van der Waals surface area contributed by atoms with Crippen molar-refractivity contribution in [2.75, 3.05) is 0 Å². The topological polar surface area (TPSA) is 55.1 Å². The standard InChI is InChI=1S/C14H14Cl2N2O2S/c1-3-18-12(13(16)8(2)17-18)7-21-9-4-5-11(15)10(6-9)14(19)20/h4-6H,3,7H2,1-2H3,(H,19,20). The summed E-state index contributed by atoms with van der Waals surface area (Å²) in [6, 6.07) is 4.97. The lowest BCUT2D eigenvalue weighted by atomic mass is 10.2. The Balaban J connectivity index is 2.21. The van der Waals surface area contributed by atoms with Crippen molar-refractivity contribution in [1.82, 2.24) is 9.78 Å². The molecule has 2 aromatic rings. The molecule has 0 bridgehead atoms. The van der Waals surface area contributed by atoms with Crippen molar-refractivity contribution in [2.24, 2.45) is 0 Å². The molecule has 0 radical (unpaired) electrons. The number of thioether (sulfide) groups is 1. The first-order valence-electron chi connectivity index (χ1n) is 6.31. The number of benzene rings is 1. The van der Waals surface area contributed by atoms with Crippen molar-refractivity contribution in [3.05, 3.63) is 45.2 Å². The van der Waals surface area contributed by atoms with E-state index in [0.717, 1.165) is 22.8 Å². The molecule has 2 rings (SSSR count). The molecule has 0 aliphatic heterocycles. The Labute approximate surface area is 137 Å². The van der Waals surface area contributed by atoms with Crippen LogP contribution in [0.4, 0.5) is 0 Å². The summed E-state index contributed by atoms with van der Waals surface area (Å²) in [7, 11) is 0. The molecule has 1 N–H and O–H groups in total. The molecular weight excluding hydrogens is 331 g/mol. The van der Waals surface area contributed by atoms with E-state index >= 15 is 0 Å². The van der Waals surface area contributed by atoms with E-state index in [1.807, 2.05) is 18.5 Å². The van der Waals surface area contributed by atoms with E-state index in [2.05, 4.69) is 5.10 Å².